The van der Waals surface area contributed by atoms with Gasteiger partial charge in [-0.15, -0.1) is 0 Å². The van der Waals surface area contributed by atoms with Gasteiger partial charge in [0.25, 0.3) is 5.91 Å². The van der Waals surface area contributed by atoms with Gasteiger partial charge in [0.15, 0.2) is 5.69 Å². The Morgan fingerprint density at radius 3 is 2.62 bits per heavy atom. The van der Waals surface area contributed by atoms with E-state index in [1.165, 1.54) is 25.7 Å². The van der Waals surface area contributed by atoms with Gasteiger partial charge in [-0.25, -0.2) is 4.98 Å². The molecule has 1 saturated heterocycles. The number of pyridine rings is 1. The molecule has 0 radical (unpaired) electrons. The molecule has 3 aromatic rings. The van der Waals surface area contributed by atoms with Gasteiger partial charge in [-0.3, -0.25) is 4.79 Å². The fraction of sp³-hybridized carbons (Fsp3) is 0.333. The number of rotatable bonds is 2. The summed E-state index contributed by atoms with van der Waals surface area (Å²) in [5.41, 5.74) is 0.856. The number of aromatic amines is 1. The number of carbonyl (C=O) groups excluding carboxylic acids is 1. The monoisotopic (exact) mass is 403 g/mol. The van der Waals surface area contributed by atoms with Crippen LogP contribution in [-0.2, 0) is 6.18 Å². The van der Waals surface area contributed by atoms with Gasteiger partial charge in [0.1, 0.15) is 5.75 Å². The number of piperidine rings is 1. The van der Waals surface area contributed by atoms with Crippen LogP contribution in [0.4, 0.5) is 13.2 Å². The molecule has 1 N–H and O–H groups in total. The lowest BCUT2D eigenvalue weighted by atomic mass is 10.1. The highest BCUT2D eigenvalue weighted by atomic mass is 19.4. The summed E-state index contributed by atoms with van der Waals surface area (Å²) in [5, 5.41) is 1.16. The molecule has 1 amide bonds. The van der Waals surface area contributed by atoms with Gasteiger partial charge in [0, 0.05) is 36.6 Å². The van der Waals surface area contributed by atoms with Crippen LogP contribution in [-0.4, -0.2) is 41.0 Å². The maximum Gasteiger partial charge on any atom is 0.437 e. The number of aromatic nitrogens is 2. The number of fused-ring (bicyclic) bond motifs is 2. The number of amides is 1. The summed E-state index contributed by atoms with van der Waals surface area (Å²) in [6.45, 7) is 1.93. The van der Waals surface area contributed by atoms with Gasteiger partial charge in [0.05, 0.1) is 7.11 Å². The summed E-state index contributed by atoms with van der Waals surface area (Å²) in [7, 11) is 1.17. The molecule has 8 heteroatoms. The average molecular weight is 403 g/mol. The fourth-order valence-electron chi connectivity index (χ4n) is 3.70. The van der Waals surface area contributed by atoms with Gasteiger partial charge >= 0.3 is 6.18 Å². The van der Waals surface area contributed by atoms with Crippen LogP contribution in [0, 0.1) is 11.8 Å². The molecule has 1 aliphatic carbocycles. The molecule has 3 heterocycles. The van der Waals surface area contributed by atoms with Crippen LogP contribution in [0.5, 0.6) is 5.75 Å². The van der Waals surface area contributed by atoms with E-state index >= 15 is 0 Å². The number of carbonyl (C=O) groups is 1. The molecule has 1 aromatic carbocycles. The van der Waals surface area contributed by atoms with E-state index in [-0.39, 0.29) is 11.7 Å². The van der Waals surface area contributed by atoms with Crippen LogP contribution in [0.2, 0.25) is 0 Å². The second kappa shape index (κ2) is 7.42. The first-order chi connectivity index (χ1) is 13.9. The highest BCUT2D eigenvalue weighted by molar-refractivity contribution is 5.98. The van der Waals surface area contributed by atoms with Crippen LogP contribution in [0.3, 0.4) is 0 Å². The molecule has 29 heavy (non-hydrogen) atoms. The molecule has 152 valence electrons. The van der Waals surface area contributed by atoms with Crippen molar-refractivity contribution >= 4 is 16.8 Å². The van der Waals surface area contributed by atoms with Crippen molar-refractivity contribution in [3.05, 3.63) is 60.0 Å². The van der Waals surface area contributed by atoms with Crippen LogP contribution in [0.25, 0.3) is 10.9 Å². The van der Waals surface area contributed by atoms with Crippen molar-refractivity contribution in [2.75, 3.05) is 20.2 Å². The maximum absolute atomic E-state index is 12.3. The number of hydrogen-bond donors (Lipinski definition) is 1. The van der Waals surface area contributed by atoms with Crippen molar-refractivity contribution in [1.29, 1.82) is 0 Å². The Hall–Kier alpha value is -3.03. The third-order valence-corrected chi connectivity index (χ3v) is 5.33. The lowest BCUT2D eigenvalue weighted by Gasteiger charge is -2.17. The van der Waals surface area contributed by atoms with E-state index in [1.807, 2.05) is 35.4 Å². The van der Waals surface area contributed by atoms with Crippen molar-refractivity contribution in [2.45, 2.75) is 12.6 Å². The zero-order valence-corrected chi connectivity index (χ0v) is 15.7. The number of nitrogens with zero attached hydrogens (tertiary/aromatic N) is 2. The standard InChI is InChI=1S/C14H14N2O.C7H6F3NO/c17-14(16-7-11-5-12(11)8-16)10-2-1-9-3-4-15-13(9)6-10;1-12-5-3-2-4-11-6(5)7(8,9)10/h1-4,6,11-12,15H,5,7-8H2;2-4H,1H3. The summed E-state index contributed by atoms with van der Waals surface area (Å²) in [6, 6.07) is 10.5. The minimum Gasteiger partial charge on any atom is -0.494 e. The molecule has 5 rings (SSSR count). The number of alkyl halides is 3. The first-order valence-corrected chi connectivity index (χ1v) is 9.29. The molecular weight excluding hydrogens is 383 g/mol. The molecule has 0 spiro atoms. The summed E-state index contributed by atoms with van der Waals surface area (Å²) >= 11 is 0. The van der Waals surface area contributed by atoms with Crippen molar-refractivity contribution in [3.63, 3.8) is 0 Å². The van der Waals surface area contributed by atoms with E-state index in [4.69, 9.17) is 0 Å². The Kier molecular flexibility index (Phi) is 4.94. The lowest BCUT2D eigenvalue weighted by Crippen LogP contribution is -2.30. The number of ether oxygens (including phenoxy) is 1. The summed E-state index contributed by atoms with van der Waals surface area (Å²) in [5.74, 6) is 1.53. The number of methoxy groups -OCH3 is 1. The molecule has 0 bridgehead atoms. The Morgan fingerprint density at radius 2 is 1.97 bits per heavy atom. The zero-order chi connectivity index (χ0) is 20.6. The van der Waals surface area contributed by atoms with Crippen molar-refractivity contribution < 1.29 is 22.7 Å². The number of halogens is 3. The van der Waals surface area contributed by atoms with Crippen LogP contribution < -0.4 is 4.74 Å². The topological polar surface area (TPSA) is 58.2 Å². The van der Waals surface area contributed by atoms with Gasteiger partial charge in [-0.2, -0.15) is 13.2 Å². The molecule has 5 nitrogen and oxygen atoms in total. The van der Waals surface area contributed by atoms with Gasteiger partial charge in [-0.1, -0.05) is 6.07 Å². The molecule has 2 fully saturated rings. The number of nitrogens with one attached hydrogen (secondary N) is 1. The normalized spacial score (nSPS) is 20.1. The largest absolute Gasteiger partial charge is 0.494 e. The maximum atomic E-state index is 12.3. The number of hydrogen-bond acceptors (Lipinski definition) is 3. The first-order valence-electron chi connectivity index (χ1n) is 9.29. The second-order valence-electron chi connectivity index (χ2n) is 7.30. The minimum atomic E-state index is -4.45. The van der Waals surface area contributed by atoms with Crippen molar-refractivity contribution in [3.8, 4) is 5.75 Å². The highest BCUT2D eigenvalue weighted by Gasteiger charge is 2.46. The van der Waals surface area contributed by atoms with Crippen LogP contribution in [0.15, 0.2) is 48.8 Å². The van der Waals surface area contributed by atoms with Crippen molar-refractivity contribution in [2.24, 2.45) is 11.8 Å². The summed E-state index contributed by atoms with van der Waals surface area (Å²) in [6.07, 6.45) is -0.138. The van der Waals surface area contributed by atoms with Crippen molar-refractivity contribution in [1.82, 2.24) is 14.9 Å². The predicted molar refractivity (Wildman–Crippen MR) is 102 cm³/mol. The molecular formula is C21H20F3N3O2. The first kappa shape index (κ1) is 19.3. The van der Waals surface area contributed by atoms with Gasteiger partial charge in [0.2, 0.25) is 0 Å². The number of benzene rings is 1. The Morgan fingerprint density at radius 1 is 1.21 bits per heavy atom. The van der Waals surface area contributed by atoms with E-state index in [1.54, 1.807) is 0 Å². The summed E-state index contributed by atoms with van der Waals surface area (Å²) in [4.78, 5) is 20.6. The average Bonchev–Trinajstić information content (AvgIpc) is 3.11. The fourth-order valence-corrected chi connectivity index (χ4v) is 3.70. The predicted octanol–water partition coefficient (Wildman–Crippen LogP) is 4.37. The third-order valence-electron chi connectivity index (χ3n) is 5.33. The molecule has 2 aromatic heterocycles. The zero-order valence-electron chi connectivity index (χ0n) is 15.7. The van der Waals surface area contributed by atoms with E-state index in [0.717, 1.165) is 47.6 Å². The lowest BCUT2D eigenvalue weighted by molar-refractivity contribution is -0.142. The van der Waals surface area contributed by atoms with Crippen LogP contribution in [0.1, 0.15) is 22.5 Å². The number of likely N-dealkylation sites (tertiary alicyclic amines) is 1. The smallest absolute Gasteiger partial charge is 0.437 e. The molecule has 2 unspecified atom stereocenters. The van der Waals surface area contributed by atoms with Crippen LogP contribution >= 0.6 is 0 Å². The van der Waals surface area contributed by atoms with Gasteiger partial charge in [-0.05, 0) is 54.0 Å². The Bertz CT molecular complexity index is 1020. The second-order valence-corrected chi connectivity index (χ2v) is 7.30. The van der Waals surface area contributed by atoms with E-state index in [9.17, 15) is 18.0 Å². The molecule has 2 aliphatic rings. The Labute approximate surface area is 165 Å². The molecule has 1 saturated carbocycles. The highest BCUT2D eigenvalue weighted by Crippen LogP contribution is 2.45. The van der Waals surface area contributed by atoms with Gasteiger partial charge < -0.3 is 14.6 Å². The quantitative estimate of drug-likeness (QED) is 0.691. The minimum absolute atomic E-state index is 0.189. The van der Waals surface area contributed by atoms with E-state index in [2.05, 4.69) is 14.7 Å². The Balaban J connectivity index is 0.000000152. The summed E-state index contributed by atoms with van der Waals surface area (Å²) < 4.78 is 40.8. The molecule has 1 aliphatic heterocycles. The van der Waals surface area contributed by atoms with E-state index in [0.29, 0.717) is 0 Å². The number of H-pyrrole nitrogens is 1. The SMILES string of the molecule is COc1cccnc1C(F)(F)F.O=C(c1ccc2cc[nH]c2c1)N1CC2CC2C1. The molecule has 2 atom stereocenters. The third kappa shape index (κ3) is 4.06. The van der Waals surface area contributed by atoms with E-state index < -0.39 is 11.9 Å².